The number of hydrogen-bond acceptors (Lipinski definition) is 3. The van der Waals surface area contributed by atoms with Gasteiger partial charge in [-0.05, 0) is 37.0 Å². The van der Waals surface area contributed by atoms with Gasteiger partial charge in [0.15, 0.2) is 0 Å². The quantitative estimate of drug-likeness (QED) is 0.725. The third-order valence-corrected chi connectivity index (χ3v) is 6.74. The van der Waals surface area contributed by atoms with Crippen LogP contribution in [-0.4, -0.2) is 34.7 Å². The van der Waals surface area contributed by atoms with Gasteiger partial charge < -0.3 is 14.7 Å². The number of rotatable bonds is 6. The van der Waals surface area contributed by atoms with E-state index in [0.717, 1.165) is 22.4 Å². The predicted molar refractivity (Wildman–Crippen MR) is 118 cm³/mol. The Morgan fingerprint density at radius 2 is 1.87 bits per heavy atom. The van der Waals surface area contributed by atoms with Crippen LogP contribution >= 0.6 is 0 Å². The van der Waals surface area contributed by atoms with E-state index in [0.29, 0.717) is 12.8 Å². The Kier molecular flexibility index (Phi) is 4.59. The number of amides is 1. The second kappa shape index (κ2) is 7.20. The first-order chi connectivity index (χ1) is 14.9. The van der Waals surface area contributed by atoms with Crippen LogP contribution in [0, 0.1) is 11.8 Å². The predicted octanol–water partition coefficient (Wildman–Crippen LogP) is 3.98. The van der Waals surface area contributed by atoms with E-state index in [2.05, 4.69) is 18.7 Å². The molecule has 2 aromatic carbocycles. The third-order valence-electron chi connectivity index (χ3n) is 6.74. The largest absolute Gasteiger partial charge is 0.481 e. The summed E-state index contributed by atoms with van der Waals surface area (Å²) in [6.07, 6.45) is 4.41. The Morgan fingerprint density at radius 3 is 2.58 bits per heavy atom. The van der Waals surface area contributed by atoms with Crippen LogP contribution in [0.2, 0.25) is 0 Å². The molecule has 2 fully saturated rings. The van der Waals surface area contributed by atoms with Crippen LogP contribution in [0.25, 0.3) is 0 Å². The number of fused-ring (bicyclic) bond motifs is 1. The lowest BCUT2D eigenvalue weighted by molar-refractivity contribution is -0.146. The molecule has 5 nitrogen and oxygen atoms in total. The minimum Gasteiger partial charge on any atom is -0.481 e. The molecule has 5 atom stereocenters. The van der Waals surface area contributed by atoms with Crippen LogP contribution in [0.15, 0.2) is 78.9 Å². The van der Waals surface area contributed by atoms with E-state index in [1.807, 2.05) is 61.5 Å². The normalized spacial score (nSPS) is 30.6. The van der Waals surface area contributed by atoms with E-state index < -0.39 is 29.5 Å². The average molecular weight is 415 g/mol. The molecule has 5 rings (SSSR count). The van der Waals surface area contributed by atoms with Gasteiger partial charge in [-0.15, -0.1) is 6.58 Å². The summed E-state index contributed by atoms with van der Waals surface area (Å²) in [5.74, 6) is -2.75. The Bertz CT molecular complexity index is 1090. The van der Waals surface area contributed by atoms with Crippen molar-refractivity contribution in [1.82, 2.24) is 0 Å². The average Bonchev–Trinajstić information content (AvgIpc) is 3.38. The van der Waals surface area contributed by atoms with Crippen molar-refractivity contribution in [2.45, 2.75) is 37.5 Å². The molecule has 3 aliphatic rings. The Morgan fingerprint density at radius 1 is 1.16 bits per heavy atom. The number of anilines is 1. The maximum absolute atomic E-state index is 13.8. The molecule has 1 N–H and O–H groups in total. The van der Waals surface area contributed by atoms with Crippen molar-refractivity contribution in [2.75, 3.05) is 4.90 Å². The molecule has 5 heteroatoms. The molecule has 31 heavy (non-hydrogen) atoms. The van der Waals surface area contributed by atoms with Gasteiger partial charge in [0.1, 0.15) is 11.5 Å². The van der Waals surface area contributed by atoms with Crippen LogP contribution in [-0.2, 0) is 20.7 Å². The molecular formula is C26H25NO4. The van der Waals surface area contributed by atoms with E-state index in [4.69, 9.17) is 4.74 Å². The monoisotopic (exact) mass is 415 g/mol. The smallest absolute Gasteiger partial charge is 0.310 e. The standard InChI is InChI=1S/C26H25NO4/c1-16(2)14-21-26-13-12-20(31-26)22(25(29)30)23(26)24(28)27(21)19-11-7-6-10-18(19)15-17-8-4-3-5-9-17/h3-13,20-23H,1,14-15H2,2H3,(H,29,30)/t20-,21?,22-,23+,26-/m1/s1. The number of hydrogen-bond donors (Lipinski definition) is 1. The van der Waals surface area contributed by atoms with Crippen LogP contribution < -0.4 is 4.90 Å². The fourth-order valence-corrected chi connectivity index (χ4v) is 5.51. The lowest BCUT2D eigenvalue weighted by Crippen LogP contribution is -2.45. The van der Waals surface area contributed by atoms with Gasteiger partial charge in [0.25, 0.3) is 0 Å². The highest BCUT2D eigenvalue weighted by Crippen LogP contribution is 2.57. The molecule has 3 aliphatic heterocycles. The summed E-state index contributed by atoms with van der Waals surface area (Å²) in [7, 11) is 0. The summed E-state index contributed by atoms with van der Waals surface area (Å²) in [5.41, 5.74) is 2.99. The molecule has 2 aromatic rings. The first-order valence-corrected chi connectivity index (χ1v) is 10.6. The number of benzene rings is 2. The molecular weight excluding hydrogens is 390 g/mol. The molecule has 2 bridgehead atoms. The molecule has 158 valence electrons. The molecule has 3 heterocycles. The molecule has 0 radical (unpaired) electrons. The van der Waals surface area contributed by atoms with Gasteiger partial charge in [0.2, 0.25) is 5.91 Å². The van der Waals surface area contributed by atoms with E-state index in [1.165, 1.54) is 0 Å². The van der Waals surface area contributed by atoms with E-state index in [-0.39, 0.29) is 11.9 Å². The summed E-state index contributed by atoms with van der Waals surface area (Å²) in [5, 5.41) is 9.87. The van der Waals surface area contributed by atoms with Gasteiger partial charge in [0, 0.05) is 5.69 Å². The Hall–Kier alpha value is -3.18. The second-order valence-corrected chi connectivity index (χ2v) is 8.81. The highest BCUT2D eigenvalue weighted by molar-refractivity contribution is 6.04. The molecule has 0 aliphatic carbocycles. The number of nitrogens with zero attached hydrogens (tertiary/aromatic N) is 1. The zero-order chi connectivity index (χ0) is 21.8. The van der Waals surface area contributed by atoms with Crippen molar-refractivity contribution in [1.29, 1.82) is 0 Å². The Labute approximate surface area is 181 Å². The van der Waals surface area contributed by atoms with Crippen molar-refractivity contribution >= 4 is 17.6 Å². The molecule has 2 saturated heterocycles. The SMILES string of the molecule is C=C(C)CC1N(c2ccccc2Cc2ccccc2)C(=O)[C@@H]2[C@H](C(=O)O)[C@H]3C=C[C@@]12O3. The summed E-state index contributed by atoms with van der Waals surface area (Å²) >= 11 is 0. The summed E-state index contributed by atoms with van der Waals surface area (Å²) in [6, 6.07) is 17.7. The minimum absolute atomic E-state index is 0.175. The highest BCUT2D eigenvalue weighted by atomic mass is 16.5. The maximum Gasteiger partial charge on any atom is 0.310 e. The molecule has 0 saturated carbocycles. The van der Waals surface area contributed by atoms with Crippen LogP contribution in [0.1, 0.15) is 24.5 Å². The van der Waals surface area contributed by atoms with Crippen molar-refractivity contribution in [3.8, 4) is 0 Å². The first kappa shape index (κ1) is 19.8. The number of ether oxygens (including phenoxy) is 1. The van der Waals surface area contributed by atoms with Crippen LogP contribution in [0.5, 0.6) is 0 Å². The van der Waals surface area contributed by atoms with Gasteiger partial charge in [-0.1, -0.05) is 66.3 Å². The van der Waals surface area contributed by atoms with Crippen molar-refractivity contribution in [3.05, 3.63) is 90.0 Å². The fourth-order valence-electron chi connectivity index (χ4n) is 5.51. The number of carboxylic acids is 1. The number of para-hydroxylation sites is 1. The van der Waals surface area contributed by atoms with Crippen LogP contribution in [0.4, 0.5) is 5.69 Å². The fraction of sp³-hybridized carbons (Fsp3) is 0.308. The van der Waals surface area contributed by atoms with E-state index in [9.17, 15) is 14.7 Å². The van der Waals surface area contributed by atoms with Crippen molar-refractivity contribution < 1.29 is 19.4 Å². The number of carbonyl (C=O) groups is 2. The second-order valence-electron chi connectivity index (χ2n) is 8.81. The van der Waals surface area contributed by atoms with Gasteiger partial charge >= 0.3 is 5.97 Å². The maximum atomic E-state index is 13.8. The first-order valence-electron chi connectivity index (χ1n) is 10.6. The van der Waals surface area contributed by atoms with E-state index >= 15 is 0 Å². The molecule has 1 spiro atoms. The molecule has 0 aromatic heterocycles. The minimum atomic E-state index is -0.983. The van der Waals surface area contributed by atoms with Gasteiger partial charge in [-0.3, -0.25) is 9.59 Å². The van der Waals surface area contributed by atoms with Crippen molar-refractivity contribution in [3.63, 3.8) is 0 Å². The summed E-state index contributed by atoms with van der Waals surface area (Å²) in [4.78, 5) is 27.6. The number of carbonyl (C=O) groups excluding carboxylic acids is 1. The number of carboxylic acid groups (broad SMARTS) is 1. The molecule has 1 amide bonds. The molecule has 1 unspecified atom stereocenters. The van der Waals surface area contributed by atoms with Gasteiger partial charge in [-0.2, -0.15) is 0 Å². The highest BCUT2D eigenvalue weighted by Gasteiger charge is 2.71. The lowest BCUT2D eigenvalue weighted by Gasteiger charge is -2.34. The van der Waals surface area contributed by atoms with Gasteiger partial charge in [0.05, 0.1) is 18.1 Å². The van der Waals surface area contributed by atoms with Gasteiger partial charge in [-0.25, -0.2) is 0 Å². The van der Waals surface area contributed by atoms with Crippen molar-refractivity contribution in [2.24, 2.45) is 11.8 Å². The lowest BCUT2D eigenvalue weighted by atomic mass is 9.74. The zero-order valence-electron chi connectivity index (χ0n) is 17.4. The number of aliphatic carboxylic acids is 1. The zero-order valence-corrected chi connectivity index (χ0v) is 17.4. The topological polar surface area (TPSA) is 66.8 Å². The van der Waals surface area contributed by atoms with E-state index in [1.54, 1.807) is 4.90 Å². The summed E-state index contributed by atoms with van der Waals surface area (Å²) in [6.45, 7) is 6.01. The van der Waals surface area contributed by atoms with Crippen LogP contribution in [0.3, 0.4) is 0 Å². The Balaban J connectivity index is 1.61. The summed E-state index contributed by atoms with van der Waals surface area (Å²) < 4.78 is 6.26. The third kappa shape index (κ3) is 2.95.